The average molecular weight is 268 g/mol. The number of anilines is 1. The molecule has 1 aliphatic rings. The zero-order chi connectivity index (χ0) is 13.0. The molecule has 6 heteroatoms. The van der Waals surface area contributed by atoms with Crippen molar-refractivity contribution in [3.8, 4) is 0 Å². The summed E-state index contributed by atoms with van der Waals surface area (Å²) in [4.78, 5) is 18.2. The van der Waals surface area contributed by atoms with Gasteiger partial charge in [-0.3, -0.25) is 4.79 Å². The SMILES string of the molecule is CC(N)C(=O)NCCc1csc(N2CCCC2)n1. The molecular formula is C12H20N4OS. The third-order valence-corrected chi connectivity index (χ3v) is 3.96. The highest BCUT2D eigenvalue weighted by Gasteiger charge is 2.15. The van der Waals surface area contributed by atoms with Crippen molar-refractivity contribution >= 4 is 22.4 Å². The van der Waals surface area contributed by atoms with Gasteiger partial charge < -0.3 is 16.0 Å². The fourth-order valence-electron chi connectivity index (χ4n) is 1.94. The largest absolute Gasteiger partial charge is 0.354 e. The fraction of sp³-hybridized carbons (Fsp3) is 0.667. The number of amides is 1. The molecule has 1 aromatic heterocycles. The number of carbonyl (C=O) groups excluding carboxylic acids is 1. The lowest BCUT2D eigenvalue weighted by Gasteiger charge is -2.12. The van der Waals surface area contributed by atoms with Gasteiger partial charge >= 0.3 is 0 Å². The molecule has 1 unspecified atom stereocenters. The summed E-state index contributed by atoms with van der Waals surface area (Å²) in [7, 11) is 0. The van der Waals surface area contributed by atoms with E-state index in [9.17, 15) is 4.79 Å². The number of nitrogens with one attached hydrogen (secondary N) is 1. The lowest BCUT2D eigenvalue weighted by Crippen LogP contribution is -2.39. The summed E-state index contributed by atoms with van der Waals surface area (Å²) in [6.45, 7) is 4.52. The van der Waals surface area contributed by atoms with Crippen molar-refractivity contribution in [3.63, 3.8) is 0 Å². The van der Waals surface area contributed by atoms with Gasteiger partial charge in [-0.15, -0.1) is 11.3 Å². The minimum absolute atomic E-state index is 0.106. The van der Waals surface area contributed by atoms with Crippen LogP contribution in [0.15, 0.2) is 5.38 Å². The number of aromatic nitrogens is 1. The Morgan fingerprint density at radius 3 is 3.00 bits per heavy atom. The number of hydrogen-bond acceptors (Lipinski definition) is 5. The average Bonchev–Trinajstić information content (AvgIpc) is 2.98. The predicted octanol–water partition coefficient (Wildman–Crippen LogP) is 0.749. The third-order valence-electron chi connectivity index (χ3n) is 3.01. The molecule has 100 valence electrons. The van der Waals surface area contributed by atoms with Crippen LogP contribution in [-0.4, -0.2) is 36.6 Å². The Kier molecular flexibility index (Phi) is 4.54. The molecule has 1 aromatic rings. The van der Waals surface area contributed by atoms with Gasteiger partial charge in [0, 0.05) is 31.4 Å². The topological polar surface area (TPSA) is 71.2 Å². The first kappa shape index (κ1) is 13.3. The van der Waals surface area contributed by atoms with Gasteiger partial charge in [0.25, 0.3) is 0 Å². The van der Waals surface area contributed by atoms with Gasteiger partial charge in [-0.05, 0) is 19.8 Å². The Morgan fingerprint density at radius 2 is 2.33 bits per heavy atom. The van der Waals surface area contributed by atoms with Crippen molar-refractivity contribution in [1.29, 1.82) is 0 Å². The molecule has 0 aromatic carbocycles. The highest BCUT2D eigenvalue weighted by molar-refractivity contribution is 7.13. The molecule has 1 fully saturated rings. The molecule has 1 saturated heterocycles. The van der Waals surface area contributed by atoms with E-state index < -0.39 is 6.04 Å². The summed E-state index contributed by atoms with van der Waals surface area (Å²) in [5, 5.41) is 5.98. The van der Waals surface area contributed by atoms with Crippen molar-refractivity contribution in [2.24, 2.45) is 5.73 Å². The van der Waals surface area contributed by atoms with Gasteiger partial charge in [-0.1, -0.05) is 0 Å². The molecule has 0 saturated carbocycles. The van der Waals surface area contributed by atoms with Crippen LogP contribution in [0.2, 0.25) is 0 Å². The van der Waals surface area contributed by atoms with Gasteiger partial charge in [0.15, 0.2) is 5.13 Å². The maximum atomic E-state index is 11.3. The highest BCUT2D eigenvalue weighted by atomic mass is 32.1. The van der Waals surface area contributed by atoms with E-state index in [1.807, 2.05) is 0 Å². The molecule has 0 spiro atoms. The van der Waals surface area contributed by atoms with Crippen LogP contribution in [-0.2, 0) is 11.2 Å². The Morgan fingerprint density at radius 1 is 1.61 bits per heavy atom. The van der Waals surface area contributed by atoms with Crippen LogP contribution >= 0.6 is 11.3 Å². The van der Waals surface area contributed by atoms with Crippen LogP contribution in [0.1, 0.15) is 25.5 Å². The molecule has 0 radical (unpaired) electrons. The summed E-state index contributed by atoms with van der Waals surface area (Å²) in [6.07, 6.45) is 3.29. The Hall–Kier alpha value is -1.14. The van der Waals surface area contributed by atoms with Crippen LogP contribution < -0.4 is 16.0 Å². The highest BCUT2D eigenvalue weighted by Crippen LogP contribution is 2.24. The van der Waals surface area contributed by atoms with Crippen LogP contribution in [0.25, 0.3) is 0 Å². The Bertz CT molecular complexity index is 399. The number of nitrogens with zero attached hydrogens (tertiary/aromatic N) is 2. The quantitative estimate of drug-likeness (QED) is 0.826. The van der Waals surface area contributed by atoms with E-state index in [1.165, 1.54) is 12.8 Å². The fourth-order valence-corrected chi connectivity index (χ4v) is 2.85. The monoisotopic (exact) mass is 268 g/mol. The normalized spacial score (nSPS) is 16.9. The Balaban J connectivity index is 1.78. The molecule has 2 heterocycles. The smallest absolute Gasteiger partial charge is 0.236 e. The third kappa shape index (κ3) is 3.43. The van der Waals surface area contributed by atoms with Crippen LogP contribution in [0.5, 0.6) is 0 Å². The van der Waals surface area contributed by atoms with E-state index in [4.69, 9.17) is 5.73 Å². The van der Waals surface area contributed by atoms with Crippen molar-refractivity contribution in [3.05, 3.63) is 11.1 Å². The Labute approximate surface area is 111 Å². The molecular weight excluding hydrogens is 248 g/mol. The van der Waals surface area contributed by atoms with Gasteiger partial charge in [0.1, 0.15) is 0 Å². The number of rotatable bonds is 5. The molecule has 0 bridgehead atoms. The van der Waals surface area contributed by atoms with Crippen LogP contribution in [0.3, 0.4) is 0 Å². The molecule has 2 rings (SSSR count). The molecule has 1 amide bonds. The summed E-state index contributed by atoms with van der Waals surface area (Å²) in [5.41, 5.74) is 6.52. The first-order valence-electron chi connectivity index (χ1n) is 6.39. The number of nitrogens with two attached hydrogens (primary N) is 1. The zero-order valence-corrected chi connectivity index (χ0v) is 11.5. The first-order valence-corrected chi connectivity index (χ1v) is 7.27. The van der Waals surface area contributed by atoms with Crippen molar-refractivity contribution in [2.45, 2.75) is 32.2 Å². The van der Waals surface area contributed by atoms with Crippen LogP contribution in [0, 0.1) is 0 Å². The molecule has 3 N–H and O–H groups in total. The minimum atomic E-state index is -0.444. The van der Waals surface area contributed by atoms with Crippen molar-refractivity contribution in [1.82, 2.24) is 10.3 Å². The van der Waals surface area contributed by atoms with E-state index in [0.29, 0.717) is 6.54 Å². The van der Waals surface area contributed by atoms with E-state index in [0.717, 1.165) is 30.3 Å². The number of hydrogen-bond donors (Lipinski definition) is 2. The van der Waals surface area contributed by atoms with Crippen molar-refractivity contribution < 1.29 is 4.79 Å². The lowest BCUT2D eigenvalue weighted by molar-refractivity contribution is -0.121. The van der Waals surface area contributed by atoms with Gasteiger partial charge in [-0.2, -0.15) is 0 Å². The lowest BCUT2D eigenvalue weighted by atomic mass is 10.3. The van der Waals surface area contributed by atoms with Gasteiger partial charge in [-0.25, -0.2) is 4.98 Å². The second-order valence-electron chi connectivity index (χ2n) is 4.65. The molecule has 1 aliphatic heterocycles. The van der Waals surface area contributed by atoms with E-state index in [1.54, 1.807) is 18.3 Å². The van der Waals surface area contributed by atoms with E-state index in [-0.39, 0.29) is 5.91 Å². The van der Waals surface area contributed by atoms with Crippen molar-refractivity contribution in [2.75, 3.05) is 24.5 Å². The number of thiazole rings is 1. The molecule has 18 heavy (non-hydrogen) atoms. The molecule has 0 aliphatic carbocycles. The molecule has 5 nitrogen and oxygen atoms in total. The van der Waals surface area contributed by atoms with E-state index >= 15 is 0 Å². The minimum Gasteiger partial charge on any atom is -0.354 e. The summed E-state index contributed by atoms with van der Waals surface area (Å²) >= 11 is 1.69. The summed E-state index contributed by atoms with van der Waals surface area (Å²) < 4.78 is 0. The second-order valence-corrected chi connectivity index (χ2v) is 5.48. The van der Waals surface area contributed by atoms with Gasteiger partial charge in [0.2, 0.25) is 5.91 Å². The second kappa shape index (κ2) is 6.15. The number of carbonyl (C=O) groups is 1. The van der Waals surface area contributed by atoms with Crippen LogP contribution in [0.4, 0.5) is 5.13 Å². The first-order chi connectivity index (χ1) is 8.66. The van der Waals surface area contributed by atoms with E-state index in [2.05, 4.69) is 20.6 Å². The standard InChI is InChI=1S/C12H20N4OS/c1-9(13)11(17)14-5-4-10-8-18-12(15-10)16-6-2-3-7-16/h8-9H,2-7,13H2,1H3,(H,14,17). The summed E-state index contributed by atoms with van der Waals surface area (Å²) in [6, 6.07) is -0.444. The maximum absolute atomic E-state index is 11.3. The summed E-state index contributed by atoms with van der Waals surface area (Å²) in [5.74, 6) is -0.106. The maximum Gasteiger partial charge on any atom is 0.236 e. The predicted molar refractivity (Wildman–Crippen MR) is 73.9 cm³/mol. The van der Waals surface area contributed by atoms with Gasteiger partial charge in [0.05, 0.1) is 11.7 Å². The molecule has 1 atom stereocenters. The zero-order valence-electron chi connectivity index (χ0n) is 10.7.